The van der Waals surface area contributed by atoms with Gasteiger partial charge in [0.05, 0.1) is 4.92 Å². The SMILES string of the molecule is O=[N+]([O-])c1ccc(O)c(C(F)(F)F)c1C(F)(F)F. The molecule has 1 rings (SSSR count). The van der Waals surface area contributed by atoms with Gasteiger partial charge in [0.15, 0.2) is 0 Å². The first-order valence-electron chi connectivity index (χ1n) is 4.11. The van der Waals surface area contributed by atoms with E-state index in [1.165, 1.54) is 0 Å². The molecule has 0 bridgehead atoms. The molecule has 0 aliphatic carbocycles. The van der Waals surface area contributed by atoms with Gasteiger partial charge in [0.1, 0.15) is 16.9 Å². The van der Waals surface area contributed by atoms with Gasteiger partial charge in [-0.3, -0.25) is 10.1 Å². The number of nitrogens with zero attached hydrogens (tertiary/aromatic N) is 1. The molecule has 18 heavy (non-hydrogen) atoms. The Balaban J connectivity index is 3.79. The van der Waals surface area contributed by atoms with Crippen LogP contribution in [0.4, 0.5) is 32.0 Å². The van der Waals surface area contributed by atoms with Crippen LogP contribution in [0.15, 0.2) is 12.1 Å². The lowest BCUT2D eigenvalue weighted by Crippen LogP contribution is -2.18. The van der Waals surface area contributed by atoms with Crippen molar-refractivity contribution in [1.82, 2.24) is 0 Å². The van der Waals surface area contributed by atoms with E-state index in [0.29, 0.717) is 0 Å². The second kappa shape index (κ2) is 4.03. The third kappa shape index (κ3) is 2.46. The van der Waals surface area contributed by atoms with Crippen LogP contribution in [0.25, 0.3) is 0 Å². The van der Waals surface area contributed by atoms with Gasteiger partial charge in [-0.15, -0.1) is 0 Å². The first-order chi connectivity index (χ1) is 7.96. The fraction of sp³-hybridized carbons (Fsp3) is 0.250. The molecule has 0 amide bonds. The minimum atomic E-state index is -5.62. The number of halogens is 6. The quantitative estimate of drug-likeness (QED) is 0.485. The molecule has 4 nitrogen and oxygen atoms in total. The molecular formula is C8H3F6NO3. The van der Waals surface area contributed by atoms with E-state index in [2.05, 4.69) is 0 Å². The van der Waals surface area contributed by atoms with Crippen LogP contribution in [0.3, 0.4) is 0 Å². The molecule has 1 aromatic carbocycles. The zero-order valence-corrected chi connectivity index (χ0v) is 8.13. The molecule has 0 saturated heterocycles. The van der Waals surface area contributed by atoms with E-state index in [1.54, 1.807) is 0 Å². The molecule has 0 aromatic heterocycles. The highest BCUT2D eigenvalue weighted by atomic mass is 19.4. The molecule has 0 aliphatic rings. The van der Waals surface area contributed by atoms with Crippen molar-refractivity contribution in [3.63, 3.8) is 0 Å². The zero-order chi connectivity index (χ0) is 14.3. The van der Waals surface area contributed by atoms with Crippen molar-refractivity contribution in [2.75, 3.05) is 0 Å². The molecule has 100 valence electrons. The first-order valence-corrected chi connectivity index (χ1v) is 4.11. The van der Waals surface area contributed by atoms with Crippen molar-refractivity contribution in [2.24, 2.45) is 0 Å². The summed E-state index contributed by atoms with van der Waals surface area (Å²) in [6.45, 7) is 0. The summed E-state index contributed by atoms with van der Waals surface area (Å²) in [5.41, 5.74) is -6.75. The second-order valence-corrected chi connectivity index (χ2v) is 3.11. The van der Waals surface area contributed by atoms with E-state index < -0.39 is 39.8 Å². The number of hydrogen-bond donors (Lipinski definition) is 1. The number of aromatic hydroxyl groups is 1. The molecule has 0 radical (unpaired) electrons. The molecule has 0 saturated carbocycles. The Labute approximate surface area is 94.6 Å². The summed E-state index contributed by atoms with van der Waals surface area (Å²) in [5, 5.41) is 19.2. The van der Waals surface area contributed by atoms with Crippen LogP contribution < -0.4 is 0 Å². The lowest BCUT2D eigenvalue weighted by Gasteiger charge is -2.16. The van der Waals surface area contributed by atoms with Gasteiger partial charge in [-0.25, -0.2) is 0 Å². The third-order valence-corrected chi connectivity index (χ3v) is 1.92. The van der Waals surface area contributed by atoms with Gasteiger partial charge in [-0.2, -0.15) is 26.3 Å². The van der Waals surface area contributed by atoms with Gasteiger partial charge >= 0.3 is 12.4 Å². The van der Waals surface area contributed by atoms with E-state index >= 15 is 0 Å². The Bertz CT molecular complexity index is 493. The standard InChI is InChI=1S/C8H3F6NO3/c9-7(10,11)5-3(15(17)18)1-2-4(16)6(5)8(12,13)14/h1-2,16H. The molecule has 10 heteroatoms. The van der Waals surface area contributed by atoms with Crippen LogP contribution in [0, 0.1) is 10.1 Å². The highest BCUT2D eigenvalue weighted by Gasteiger charge is 2.50. The average molecular weight is 275 g/mol. The molecular weight excluding hydrogens is 272 g/mol. The molecule has 0 fully saturated rings. The Morgan fingerprint density at radius 3 is 1.78 bits per heavy atom. The Kier molecular flexibility index (Phi) is 3.15. The molecule has 0 unspecified atom stereocenters. The summed E-state index contributed by atoms with van der Waals surface area (Å²) in [5.74, 6) is -1.72. The van der Waals surface area contributed by atoms with Crippen molar-refractivity contribution in [3.05, 3.63) is 33.4 Å². The van der Waals surface area contributed by atoms with Crippen LogP contribution in [0.1, 0.15) is 11.1 Å². The van der Waals surface area contributed by atoms with Crippen LogP contribution in [-0.4, -0.2) is 10.0 Å². The van der Waals surface area contributed by atoms with Crippen molar-refractivity contribution < 1.29 is 36.4 Å². The summed E-state index contributed by atoms with van der Waals surface area (Å²) in [6.07, 6.45) is -11.2. The summed E-state index contributed by atoms with van der Waals surface area (Å²) >= 11 is 0. The first kappa shape index (κ1) is 14.1. The number of phenolic OH excluding ortho intramolecular Hbond substituents is 1. The van der Waals surface area contributed by atoms with Crippen molar-refractivity contribution in [1.29, 1.82) is 0 Å². The number of hydrogen-bond acceptors (Lipinski definition) is 3. The number of benzene rings is 1. The predicted octanol–water partition coefficient (Wildman–Crippen LogP) is 3.34. The van der Waals surface area contributed by atoms with Crippen molar-refractivity contribution >= 4 is 5.69 Å². The van der Waals surface area contributed by atoms with Crippen LogP contribution in [0.5, 0.6) is 5.75 Å². The minimum Gasteiger partial charge on any atom is -0.507 e. The molecule has 0 spiro atoms. The van der Waals surface area contributed by atoms with Gasteiger partial charge in [0.25, 0.3) is 5.69 Å². The molecule has 1 aromatic rings. The van der Waals surface area contributed by atoms with Gasteiger partial charge < -0.3 is 5.11 Å². The highest BCUT2D eigenvalue weighted by Crippen LogP contribution is 2.48. The lowest BCUT2D eigenvalue weighted by atomic mass is 10.0. The number of nitro groups is 1. The van der Waals surface area contributed by atoms with Crippen molar-refractivity contribution in [2.45, 2.75) is 12.4 Å². The number of phenols is 1. The van der Waals surface area contributed by atoms with E-state index in [4.69, 9.17) is 5.11 Å². The topological polar surface area (TPSA) is 63.4 Å². The lowest BCUT2D eigenvalue weighted by molar-refractivity contribution is -0.388. The normalized spacial score (nSPS) is 12.6. The van der Waals surface area contributed by atoms with Crippen LogP contribution in [0.2, 0.25) is 0 Å². The van der Waals surface area contributed by atoms with E-state index in [-0.39, 0.29) is 12.1 Å². The van der Waals surface area contributed by atoms with Gasteiger partial charge in [0.2, 0.25) is 0 Å². The maximum atomic E-state index is 12.5. The monoisotopic (exact) mass is 275 g/mol. The average Bonchev–Trinajstić information content (AvgIpc) is 2.13. The molecule has 1 N–H and O–H groups in total. The van der Waals surface area contributed by atoms with Gasteiger partial charge in [0, 0.05) is 6.07 Å². The van der Waals surface area contributed by atoms with Crippen LogP contribution in [-0.2, 0) is 12.4 Å². The fourth-order valence-electron chi connectivity index (χ4n) is 1.31. The minimum absolute atomic E-state index is 0.160. The molecule has 0 heterocycles. The van der Waals surface area contributed by atoms with E-state index in [9.17, 15) is 36.5 Å². The maximum absolute atomic E-state index is 12.5. The summed E-state index contributed by atoms with van der Waals surface area (Å²) in [7, 11) is 0. The molecule has 0 atom stereocenters. The summed E-state index contributed by atoms with van der Waals surface area (Å²) < 4.78 is 74.6. The van der Waals surface area contributed by atoms with Crippen LogP contribution >= 0.6 is 0 Å². The van der Waals surface area contributed by atoms with E-state index in [0.717, 1.165) is 0 Å². The Morgan fingerprint density at radius 1 is 1.00 bits per heavy atom. The fourth-order valence-corrected chi connectivity index (χ4v) is 1.31. The summed E-state index contributed by atoms with van der Waals surface area (Å²) in [4.78, 5) is 8.72. The Hall–Kier alpha value is -2.00. The second-order valence-electron chi connectivity index (χ2n) is 3.11. The summed E-state index contributed by atoms with van der Waals surface area (Å²) in [6, 6.07) is 0.351. The van der Waals surface area contributed by atoms with Gasteiger partial charge in [-0.05, 0) is 6.07 Å². The predicted molar refractivity (Wildman–Crippen MR) is 44.8 cm³/mol. The zero-order valence-electron chi connectivity index (χ0n) is 8.13. The highest BCUT2D eigenvalue weighted by molar-refractivity contribution is 5.54. The number of rotatable bonds is 1. The number of alkyl halides is 6. The van der Waals surface area contributed by atoms with Crippen molar-refractivity contribution in [3.8, 4) is 5.75 Å². The molecule has 0 aliphatic heterocycles. The maximum Gasteiger partial charge on any atom is 0.423 e. The van der Waals surface area contributed by atoms with E-state index in [1.807, 2.05) is 0 Å². The smallest absolute Gasteiger partial charge is 0.423 e. The number of nitro benzene ring substituents is 1. The Morgan fingerprint density at radius 2 is 1.44 bits per heavy atom. The largest absolute Gasteiger partial charge is 0.507 e. The van der Waals surface area contributed by atoms with Gasteiger partial charge in [-0.1, -0.05) is 0 Å². The third-order valence-electron chi connectivity index (χ3n) is 1.92.